The monoisotopic (exact) mass is 386 g/mol. The topological polar surface area (TPSA) is 99.6 Å². The first-order chi connectivity index (χ1) is 12.9. The number of hydrogen-bond donors (Lipinski definition) is 1. The highest BCUT2D eigenvalue weighted by Crippen LogP contribution is 2.28. The molecule has 0 radical (unpaired) electrons. The number of rotatable bonds is 4. The molecule has 1 saturated carbocycles. The minimum absolute atomic E-state index is 0.0385. The van der Waals surface area contributed by atoms with Crippen LogP contribution in [0.4, 0.5) is 0 Å². The Kier molecular flexibility index (Phi) is 4.61. The number of fused-ring (bicyclic) bond motifs is 1. The van der Waals surface area contributed by atoms with Gasteiger partial charge in [0, 0.05) is 18.0 Å². The number of hydrogen-bond acceptors (Lipinski definition) is 5. The summed E-state index contributed by atoms with van der Waals surface area (Å²) in [5.41, 5.74) is 2.31. The van der Waals surface area contributed by atoms with Gasteiger partial charge in [-0.1, -0.05) is 18.6 Å². The molecule has 0 amide bonds. The average Bonchev–Trinajstić information content (AvgIpc) is 2.98. The average molecular weight is 386 g/mol. The lowest BCUT2D eigenvalue weighted by molar-refractivity contribution is 0.155. The standard InChI is InChI=1S/C19H22N4O3S/c1-13-18(27(20,24)25)19-21-11-15(12-23(19)22-13)14-6-5-9-17(10-14)26-16-7-3-2-4-8-16/h5-6,9-12,16H,2-4,7-8H2,1H3,(H2,20,24,25). The predicted molar refractivity (Wildman–Crippen MR) is 102 cm³/mol. The number of aryl methyl sites for hydroxylation is 1. The normalized spacial score (nSPS) is 15.9. The fraction of sp³-hybridized carbons (Fsp3) is 0.368. The maximum atomic E-state index is 11.8. The van der Waals surface area contributed by atoms with Crippen molar-refractivity contribution in [3.05, 3.63) is 42.4 Å². The zero-order valence-electron chi connectivity index (χ0n) is 15.1. The van der Waals surface area contributed by atoms with Crippen LogP contribution in [0, 0.1) is 6.92 Å². The Morgan fingerprint density at radius 1 is 1.19 bits per heavy atom. The van der Waals surface area contributed by atoms with Crippen molar-refractivity contribution in [3.8, 4) is 16.9 Å². The molecule has 8 heteroatoms. The van der Waals surface area contributed by atoms with E-state index in [0.29, 0.717) is 5.69 Å². The summed E-state index contributed by atoms with van der Waals surface area (Å²) in [5.74, 6) is 0.835. The Morgan fingerprint density at radius 2 is 1.96 bits per heavy atom. The molecule has 1 aromatic carbocycles. The van der Waals surface area contributed by atoms with Gasteiger partial charge in [-0.25, -0.2) is 23.1 Å². The van der Waals surface area contributed by atoms with E-state index in [4.69, 9.17) is 9.88 Å². The number of nitrogens with zero attached hydrogens (tertiary/aromatic N) is 3. The van der Waals surface area contributed by atoms with Crippen LogP contribution in [0.3, 0.4) is 0 Å². The van der Waals surface area contributed by atoms with Crippen molar-refractivity contribution in [2.45, 2.75) is 50.0 Å². The maximum absolute atomic E-state index is 11.8. The van der Waals surface area contributed by atoms with E-state index in [1.807, 2.05) is 24.3 Å². The molecule has 2 heterocycles. The van der Waals surface area contributed by atoms with Crippen LogP contribution in [0.15, 0.2) is 41.6 Å². The molecule has 7 nitrogen and oxygen atoms in total. The molecule has 0 saturated heterocycles. The van der Waals surface area contributed by atoms with E-state index in [-0.39, 0.29) is 16.6 Å². The van der Waals surface area contributed by atoms with E-state index in [1.165, 1.54) is 23.8 Å². The summed E-state index contributed by atoms with van der Waals surface area (Å²) in [6, 6.07) is 7.85. The van der Waals surface area contributed by atoms with Gasteiger partial charge in [0.1, 0.15) is 10.6 Å². The fourth-order valence-corrected chi connectivity index (χ4v) is 4.48. The molecule has 1 fully saturated rings. The van der Waals surface area contributed by atoms with E-state index < -0.39 is 10.0 Å². The van der Waals surface area contributed by atoms with Gasteiger partial charge in [0.25, 0.3) is 0 Å². The molecule has 1 aliphatic rings. The summed E-state index contributed by atoms with van der Waals surface area (Å²) >= 11 is 0. The fourth-order valence-electron chi connectivity index (χ4n) is 3.63. The van der Waals surface area contributed by atoms with Crippen molar-refractivity contribution in [1.82, 2.24) is 14.6 Å². The SMILES string of the molecule is Cc1nn2cc(-c3cccc(OC4CCCCC4)c3)cnc2c1S(N)(=O)=O. The molecule has 0 spiro atoms. The van der Waals surface area contributed by atoms with E-state index >= 15 is 0 Å². The number of aromatic nitrogens is 3. The van der Waals surface area contributed by atoms with Gasteiger partial charge in [0.05, 0.1) is 11.8 Å². The Balaban J connectivity index is 1.67. The number of nitrogens with two attached hydrogens (primary N) is 1. The van der Waals surface area contributed by atoms with Crippen LogP contribution in [-0.4, -0.2) is 29.1 Å². The second-order valence-corrected chi connectivity index (χ2v) is 8.47. The van der Waals surface area contributed by atoms with Crippen LogP contribution in [0.25, 0.3) is 16.8 Å². The molecule has 0 aliphatic heterocycles. The first-order valence-electron chi connectivity index (χ1n) is 9.07. The number of benzene rings is 1. The molecule has 3 aromatic rings. The van der Waals surface area contributed by atoms with Crippen LogP contribution in [0.1, 0.15) is 37.8 Å². The Bertz CT molecular complexity index is 1090. The molecular weight excluding hydrogens is 364 g/mol. The van der Waals surface area contributed by atoms with Gasteiger partial charge in [-0.15, -0.1) is 0 Å². The number of primary sulfonamides is 1. The molecular formula is C19H22N4O3S. The van der Waals surface area contributed by atoms with Crippen molar-refractivity contribution < 1.29 is 13.2 Å². The lowest BCUT2D eigenvalue weighted by Crippen LogP contribution is -2.19. The Hall–Kier alpha value is -2.45. The Morgan fingerprint density at radius 3 is 2.70 bits per heavy atom. The third-order valence-corrected chi connectivity index (χ3v) is 5.95. The lowest BCUT2D eigenvalue weighted by Gasteiger charge is -2.23. The quantitative estimate of drug-likeness (QED) is 0.743. The summed E-state index contributed by atoms with van der Waals surface area (Å²) in [6.07, 6.45) is 9.58. The highest BCUT2D eigenvalue weighted by Gasteiger charge is 2.21. The molecule has 142 valence electrons. The molecule has 0 unspecified atom stereocenters. The van der Waals surface area contributed by atoms with Crippen LogP contribution < -0.4 is 9.88 Å². The maximum Gasteiger partial charge on any atom is 0.243 e. The zero-order chi connectivity index (χ0) is 19.0. The van der Waals surface area contributed by atoms with E-state index in [9.17, 15) is 8.42 Å². The van der Waals surface area contributed by atoms with E-state index in [0.717, 1.165) is 29.7 Å². The summed E-state index contributed by atoms with van der Waals surface area (Å²) in [7, 11) is -3.88. The van der Waals surface area contributed by atoms with Gasteiger partial charge in [-0.2, -0.15) is 5.10 Å². The molecule has 27 heavy (non-hydrogen) atoms. The van der Waals surface area contributed by atoms with Crippen molar-refractivity contribution >= 4 is 15.7 Å². The molecule has 0 bridgehead atoms. The summed E-state index contributed by atoms with van der Waals surface area (Å²) in [4.78, 5) is 4.25. The second-order valence-electron chi connectivity index (χ2n) is 6.98. The van der Waals surface area contributed by atoms with Crippen LogP contribution in [0.2, 0.25) is 0 Å². The van der Waals surface area contributed by atoms with Crippen molar-refractivity contribution in [3.63, 3.8) is 0 Å². The zero-order valence-corrected chi connectivity index (χ0v) is 15.9. The van der Waals surface area contributed by atoms with Gasteiger partial charge in [-0.3, -0.25) is 0 Å². The number of ether oxygens (including phenoxy) is 1. The van der Waals surface area contributed by atoms with E-state index in [2.05, 4.69) is 10.1 Å². The van der Waals surface area contributed by atoms with Crippen molar-refractivity contribution in [2.75, 3.05) is 0 Å². The third kappa shape index (κ3) is 3.68. The van der Waals surface area contributed by atoms with Gasteiger partial charge in [0.15, 0.2) is 5.65 Å². The lowest BCUT2D eigenvalue weighted by atomic mass is 9.98. The van der Waals surface area contributed by atoms with Gasteiger partial charge in [0.2, 0.25) is 10.0 Å². The minimum atomic E-state index is -3.88. The largest absolute Gasteiger partial charge is 0.490 e. The van der Waals surface area contributed by atoms with E-state index in [1.54, 1.807) is 19.3 Å². The van der Waals surface area contributed by atoms with Crippen LogP contribution >= 0.6 is 0 Å². The highest BCUT2D eigenvalue weighted by molar-refractivity contribution is 7.89. The molecule has 0 atom stereocenters. The van der Waals surface area contributed by atoms with Crippen LogP contribution in [-0.2, 0) is 10.0 Å². The van der Waals surface area contributed by atoms with Gasteiger partial charge in [-0.05, 0) is 50.3 Å². The molecule has 2 N–H and O–H groups in total. The van der Waals surface area contributed by atoms with Crippen molar-refractivity contribution in [2.24, 2.45) is 5.14 Å². The Labute approximate surface area is 158 Å². The highest BCUT2D eigenvalue weighted by atomic mass is 32.2. The molecule has 1 aliphatic carbocycles. The number of sulfonamides is 1. The summed E-state index contributed by atoms with van der Waals surface area (Å²) < 4.78 is 31.2. The summed E-state index contributed by atoms with van der Waals surface area (Å²) in [6.45, 7) is 1.60. The predicted octanol–water partition coefficient (Wildman–Crippen LogP) is 3.06. The second kappa shape index (κ2) is 6.94. The van der Waals surface area contributed by atoms with Crippen LogP contribution in [0.5, 0.6) is 5.75 Å². The summed E-state index contributed by atoms with van der Waals surface area (Å²) in [5, 5.41) is 9.53. The minimum Gasteiger partial charge on any atom is -0.490 e. The first kappa shape index (κ1) is 17.9. The molecule has 2 aromatic heterocycles. The third-order valence-electron chi connectivity index (χ3n) is 4.90. The first-order valence-corrected chi connectivity index (χ1v) is 10.6. The molecule has 4 rings (SSSR count). The smallest absolute Gasteiger partial charge is 0.243 e. The van der Waals surface area contributed by atoms with Gasteiger partial charge >= 0.3 is 0 Å². The van der Waals surface area contributed by atoms with Crippen molar-refractivity contribution in [1.29, 1.82) is 0 Å². The van der Waals surface area contributed by atoms with Gasteiger partial charge < -0.3 is 4.74 Å².